The molecule has 0 atom stereocenters. The molecule has 0 saturated carbocycles. The van der Waals surface area contributed by atoms with E-state index in [1.807, 2.05) is 12.1 Å². The maximum Gasteiger partial charge on any atom is 0.263 e. The summed E-state index contributed by atoms with van der Waals surface area (Å²) in [6.45, 7) is 0. The molecule has 1 amide bonds. The highest BCUT2D eigenvalue weighted by atomic mass is 16.5. The van der Waals surface area contributed by atoms with Crippen molar-refractivity contribution in [3.05, 3.63) is 137 Å². The molecular weight excluding hydrogens is 438 g/mol. The van der Waals surface area contributed by atoms with Gasteiger partial charge in [-0.2, -0.15) is 0 Å². The second-order valence-corrected chi connectivity index (χ2v) is 8.00. The molecule has 0 spiro atoms. The highest BCUT2D eigenvalue weighted by Gasteiger charge is 2.40. The van der Waals surface area contributed by atoms with Crippen LogP contribution in [0.4, 0.5) is 5.69 Å². The fraction of sp³-hybridized carbons (Fsp3) is 0.0333. The van der Waals surface area contributed by atoms with E-state index in [1.165, 1.54) is 12.0 Å². The number of hydrogen-bond donors (Lipinski definition) is 0. The molecule has 5 rings (SSSR count). The third-order valence-corrected chi connectivity index (χ3v) is 5.91. The SMILES string of the molecule is COc1cccc(C(=O)/C(=C2\C(=O)c3ccccc3N2C(=O)c2ccccc2)c2ccccc2)c1. The van der Waals surface area contributed by atoms with Gasteiger partial charge in [-0.25, -0.2) is 0 Å². The number of para-hydroxylation sites is 1. The molecule has 0 bridgehead atoms. The summed E-state index contributed by atoms with van der Waals surface area (Å²) in [5.74, 6) is -0.616. The summed E-state index contributed by atoms with van der Waals surface area (Å²) < 4.78 is 5.31. The van der Waals surface area contributed by atoms with Gasteiger partial charge in [0, 0.05) is 16.7 Å². The lowest BCUT2D eigenvalue weighted by molar-refractivity contribution is 0.0972. The highest BCUT2D eigenvalue weighted by Crippen LogP contribution is 2.40. The molecule has 0 saturated heterocycles. The minimum absolute atomic E-state index is 0.0408. The van der Waals surface area contributed by atoms with E-state index in [0.717, 1.165) is 0 Å². The normalized spacial score (nSPS) is 13.9. The monoisotopic (exact) mass is 459 g/mol. The zero-order valence-corrected chi connectivity index (χ0v) is 19.0. The van der Waals surface area contributed by atoms with Crippen molar-refractivity contribution in [3.8, 4) is 5.75 Å². The van der Waals surface area contributed by atoms with Crippen molar-refractivity contribution in [2.45, 2.75) is 0 Å². The Bertz CT molecular complexity index is 1470. The smallest absolute Gasteiger partial charge is 0.263 e. The summed E-state index contributed by atoms with van der Waals surface area (Å²) in [6, 6.07) is 31.4. The summed E-state index contributed by atoms with van der Waals surface area (Å²) in [4.78, 5) is 42.9. The first-order chi connectivity index (χ1) is 17.1. The van der Waals surface area contributed by atoms with Crippen LogP contribution in [-0.2, 0) is 0 Å². The molecule has 0 unspecified atom stereocenters. The van der Waals surface area contributed by atoms with E-state index < -0.39 is 0 Å². The molecule has 0 N–H and O–H groups in total. The summed E-state index contributed by atoms with van der Waals surface area (Å²) in [5, 5.41) is 0. The molecule has 0 radical (unpaired) electrons. The lowest BCUT2D eigenvalue weighted by atomic mass is 9.93. The zero-order chi connectivity index (χ0) is 24.4. The molecule has 35 heavy (non-hydrogen) atoms. The third-order valence-electron chi connectivity index (χ3n) is 5.91. The first-order valence-electron chi connectivity index (χ1n) is 11.1. The van der Waals surface area contributed by atoms with E-state index in [9.17, 15) is 14.4 Å². The molecule has 5 nitrogen and oxygen atoms in total. The number of carbonyl (C=O) groups is 3. The fourth-order valence-electron chi connectivity index (χ4n) is 4.25. The number of allylic oxidation sites excluding steroid dienone is 2. The maximum atomic E-state index is 14.0. The van der Waals surface area contributed by atoms with Crippen molar-refractivity contribution < 1.29 is 19.1 Å². The Hall–Kier alpha value is -4.77. The molecule has 4 aromatic rings. The Labute approximate surface area is 202 Å². The number of ether oxygens (including phenoxy) is 1. The number of methoxy groups -OCH3 is 1. The summed E-state index contributed by atoms with van der Waals surface area (Å²) in [6.07, 6.45) is 0. The largest absolute Gasteiger partial charge is 0.497 e. The van der Waals surface area contributed by atoms with E-state index in [2.05, 4.69) is 0 Å². The van der Waals surface area contributed by atoms with Crippen molar-refractivity contribution >= 4 is 28.7 Å². The Morgan fingerprint density at radius 2 is 1.29 bits per heavy atom. The molecule has 1 aliphatic rings. The van der Waals surface area contributed by atoms with Gasteiger partial charge in [0.15, 0.2) is 5.78 Å². The number of anilines is 1. The van der Waals surface area contributed by atoms with E-state index in [1.54, 1.807) is 97.1 Å². The number of hydrogen-bond acceptors (Lipinski definition) is 4. The van der Waals surface area contributed by atoms with Gasteiger partial charge in [0.05, 0.1) is 18.4 Å². The number of rotatable bonds is 5. The Morgan fingerprint density at radius 3 is 1.97 bits per heavy atom. The number of ketones is 2. The van der Waals surface area contributed by atoms with Crippen molar-refractivity contribution in [2.75, 3.05) is 12.0 Å². The minimum atomic E-state index is -0.384. The van der Waals surface area contributed by atoms with Gasteiger partial charge in [0.1, 0.15) is 11.4 Å². The van der Waals surface area contributed by atoms with Gasteiger partial charge in [0.2, 0.25) is 5.78 Å². The van der Waals surface area contributed by atoms with Crippen LogP contribution >= 0.6 is 0 Å². The number of carbonyl (C=O) groups excluding carboxylic acids is 3. The van der Waals surface area contributed by atoms with E-state index in [0.29, 0.717) is 33.7 Å². The van der Waals surface area contributed by atoms with Crippen LogP contribution < -0.4 is 9.64 Å². The van der Waals surface area contributed by atoms with Gasteiger partial charge in [-0.05, 0) is 42.0 Å². The Balaban J connectivity index is 1.79. The molecule has 170 valence electrons. The highest BCUT2D eigenvalue weighted by molar-refractivity contribution is 6.40. The van der Waals surface area contributed by atoms with Gasteiger partial charge in [-0.1, -0.05) is 72.8 Å². The summed E-state index contributed by atoms with van der Waals surface area (Å²) in [7, 11) is 1.53. The molecule has 0 aliphatic carbocycles. The molecule has 0 fully saturated rings. The van der Waals surface area contributed by atoms with Crippen LogP contribution in [0.2, 0.25) is 0 Å². The van der Waals surface area contributed by atoms with Crippen molar-refractivity contribution in [3.63, 3.8) is 0 Å². The van der Waals surface area contributed by atoms with Crippen molar-refractivity contribution in [1.82, 2.24) is 0 Å². The second kappa shape index (κ2) is 9.23. The standard InChI is InChI=1S/C30H21NO4/c1-35-23-16-10-15-22(19-23)28(32)26(20-11-4-2-5-12-20)27-29(33)24-17-8-9-18-25(24)31(27)30(34)21-13-6-3-7-14-21/h2-19H,1H3/b27-26+. The van der Waals surface area contributed by atoms with Gasteiger partial charge >= 0.3 is 0 Å². The second-order valence-electron chi connectivity index (χ2n) is 8.00. The third kappa shape index (κ3) is 3.93. The number of Topliss-reactive ketones (excluding diaryl/α,β-unsaturated/α-hetero) is 2. The Morgan fingerprint density at radius 1 is 0.686 bits per heavy atom. The van der Waals surface area contributed by atoms with Crippen LogP contribution in [0.5, 0.6) is 5.75 Å². The molecular formula is C30H21NO4. The molecule has 0 aromatic heterocycles. The number of fused-ring (bicyclic) bond motifs is 1. The molecule has 1 aliphatic heterocycles. The maximum absolute atomic E-state index is 14.0. The first kappa shape index (κ1) is 22.0. The fourth-order valence-corrected chi connectivity index (χ4v) is 4.25. The van der Waals surface area contributed by atoms with E-state index in [-0.39, 0.29) is 28.7 Å². The predicted molar refractivity (Wildman–Crippen MR) is 135 cm³/mol. The van der Waals surface area contributed by atoms with Crippen LogP contribution in [0, 0.1) is 0 Å². The topological polar surface area (TPSA) is 63.7 Å². The van der Waals surface area contributed by atoms with Gasteiger partial charge in [-0.3, -0.25) is 19.3 Å². The van der Waals surface area contributed by atoms with Gasteiger partial charge < -0.3 is 4.74 Å². The Kier molecular flexibility index (Phi) is 5.81. The average Bonchev–Trinajstić information content (AvgIpc) is 3.21. The van der Waals surface area contributed by atoms with Crippen LogP contribution in [-0.4, -0.2) is 24.6 Å². The van der Waals surface area contributed by atoms with Crippen LogP contribution in [0.1, 0.15) is 36.6 Å². The summed E-state index contributed by atoms with van der Waals surface area (Å²) >= 11 is 0. The number of nitrogens with zero attached hydrogens (tertiary/aromatic N) is 1. The van der Waals surface area contributed by atoms with Crippen molar-refractivity contribution in [1.29, 1.82) is 0 Å². The van der Waals surface area contributed by atoms with Crippen LogP contribution in [0.25, 0.3) is 5.57 Å². The van der Waals surface area contributed by atoms with E-state index in [4.69, 9.17) is 4.74 Å². The first-order valence-corrected chi connectivity index (χ1v) is 11.1. The number of amides is 1. The molecule has 1 heterocycles. The van der Waals surface area contributed by atoms with Gasteiger partial charge in [0.25, 0.3) is 5.91 Å². The van der Waals surface area contributed by atoms with E-state index >= 15 is 0 Å². The quantitative estimate of drug-likeness (QED) is 0.278. The minimum Gasteiger partial charge on any atom is -0.497 e. The zero-order valence-electron chi connectivity index (χ0n) is 19.0. The van der Waals surface area contributed by atoms with Crippen molar-refractivity contribution in [2.24, 2.45) is 0 Å². The number of benzene rings is 4. The lowest BCUT2D eigenvalue weighted by Gasteiger charge is -2.22. The molecule has 5 heteroatoms. The van der Waals surface area contributed by atoms with Crippen LogP contribution in [0.15, 0.2) is 115 Å². The van der Waals surface area contributed by atoms with Crippen LogP contribution in [0.3, 0.4) is 0 Å². The summed E-state index contributed by atoms with van der Waals surface area (Å²) in [5.41, 5.74) is 2.33. The predicted octanol–water partition coefficient (Wildman–Crippen LogP) is 5.83. The molecule has 4 aromatic carbocycles. The average molecular weight is 460 g/mol. The van der Waals surface area contributed by atoms with Gasteiger partial charge in [-0.15, -0.1) is 0 Å². The lowest BCUT2D eigenvalue weighted by Crippen LogP contribution is -2.30.